The highest BCUT2D eigenvalue weighted by molar-refractivity contribution is 14.0. The highest BCUT2D eigenvalue weighted by Crippen LogP contribution is 2.31. The molecule has 2 unspecified atom stereocenters. The number of aliphatic imine (C=N–C) groups is 1. The van der Waals surface area contributed by atoms with Gasteiger partial charge in [-0.2, -0.15) is 0 Å². The van der Waals surface area contributed by atoms with Gasteiger partial charge in [0, 0.05) is 25.6 Å². The topological polar surface area (TPSA) is 76.4 Å². The highest BCUT2D eigenvalue weighted by atomic mass is 127. The van der Waals surface area contributed by atoms with E-state index in [0.29, 0.717) is 19.1 Å². The molecule has 0 radical (unpaired) electrons. The molecule has 0 bridgehead atoms. The summed E-state index contributed by atoms with van der Waals surface area (Å²) < 4.78 is 7.80. The normalized spacial score (nSPS) is 16.2. The summed E-state index contributed by atoms with van der Waals surface area (Å²) in [5.74, 6) is 3.77. The first-order valence-corrected chi connectivity index (χ1v) is 11.2. The quantitative estimate of drug-likeness (QED) is 0.266. The molecule has 2 aromatic carbocycles. The van der Waals surface area contributed by atoms with E-state index in [2.05, 4.69) is 65.0 Å². The fraction of sp³-hybridized carbons (Fsp3) is 0.400. The number of nitrogens with zero attached hydrogens (tertiary/aromatic N) is 4. The van der Waals surface area contributed by atoms with Crippen molar-refractivity contribution in [3.05, 3.63) is 76.9 Å². The van der Waals surface area contributed by atoms with Crippen LogP contribution in [0.3, 0.4) is 0 Å². The minimum absolute atomic E-state index is 0. The molecule has 2 atom stereocenters. The summed E-state index contributed by atoms with van der Waals surface area (Å²) in [5.41, 5.74) is 3.74. The molecule has 0 fully saturated rings. The lowest BCUT2D eigenvalue weighted by Gasteiger charge is -2.28. The van der Waals surface area contributed by atoms with Crippen LogP contribution in [-0.2, 0) is 13.6 Å². The maximum atomic E-state index is 5.83. The van der Waals surface area contributed by atoms with Crippen LogP contribution in [0.4, 0.5) is 0 Å². The first kappa shape index (κ1) is 25.0. The molecule has 4 rings (SSSR count). The van der Waals surface area contributed by atoms with E-state index >= 15 is 0 Å². The van der Waals surface area contributed by atoms with Gasteiger partial charge in [-0.05, 0) is 31.4 Å². The second-order valence-electron chi connectivity index (χ2n) is 8.45. The van der Waals surface area contributed by atoms with Crippen molar-refractivity contribution in [3.8, 4) is 5.75 Å². The van der Waals surface area contributed by atoms with Crippen LogP contribution < -0.4 is 15.4 Å². The van der Waals surface area contributed by atoms with Crippen LogP contribution >= 0.6 is 24.0 Å². The number of aryl methyl sites for hydroxylation is 2. The minimum atomic E-state index is 0. The van der Waals surface area contributed by atoms with Crippen LogP contribution in [0.2, 0.25) is 0 Å². The molecule has 2 N–H and O–H groups in total. The summed E-state index contributed by atoms with van der Waals surface area (Å²) in [5, 5.41) is 15.6. The largest absolute Gasteiger partial charge is 0.493 e. The van der Waals surface area contributed by atoms with Crippen molar-refractivity contribution < 1.29 is 4.74 Å². The molecule has 1 aliphatic rings. The summed E-state index contributed by atoms with van der Waals surface area (Å²) in [6, 6.07) is 17.1. The summed E-state index contributed by atoms with van der Waals surface area (Å²) in [4.78, 5) is 4.85. The number of halogens is 1. The lowest BCUT2D eigenvalue weighted by molar-refractivity contribution is 0.261. The van der Waals surface area contributed by atoms with Gasteiger partial charge in [0.15, 0.2) is 11.8 Å². The SMILES string of the molecule is Cc1ccc(C(C)CNC(=NCc2nnc(C)n2C)NC2CCOc3ccccc32)cc1.I. The lowest BCUT2D eigenvalue weighted by Crippen LogP contribution is -2.42. The molecule has 33 heavy (non-hydrogen) atoms. The summed E-state index contributed by atoms with van der Waals surface area (Å²) >= 11 is 0. The molecule has 1 aliphatic heterocycles. The van der Waals surface area contributed by atoms with Crippen molar-refractivity contribution in [2.75, 3.05) is 13.2 Å². The Morgan fingerprint density at radius 2 is 1.91 bits per heavy atom. The average molecular weight is 560 g/mol. The van der Waals surface area contributed by atoms with Gasteiger partial charge in [0.1, 0.15) is 18.1 Å². The Balaban J connectivity index is 0.00000306. The molecule has 0 amide bonds. The number of aromatic nitrogens is 3. The predicted molar refractivity (Wildman–Crippen MR) is 142 cm³/mol. The third-order valence-electron chi connectivity index (χ3n) is 6.05. The van der Waals surface area contributed by atoms with Crippen LogP contribution in [0.1, 0.15) is 53.6 Å². The van der Waals surface area contributed by atoms with Crippen LogP contribution in [0.15, 0.2) is 53.5 Å². The van der Waals surface area contributed by atoms with Gasteiger partial charge in [0.25, 0.3) is 0 Å². The zero-order chi connectivity index (χ0) is 22.5. The number of para-hydroxylation sites is 1. The van der Waals surface area contributed by atoms with Crippen molar-refractivity contribution in [1.82, 2.24) is 25.4 Å². The van der Waals surface area contributed by atoms with Crippen LogP contribution in [-0.4, -0.2) is 33.9 Å². The van der Waals surface area contributed by atoms with E-state index in [1.807, 2.05) is 36.7 Å². The predicted octanol–water partition coefficient (Wildman–Crippen LogP) is 4.41. The van der Waals surface area contributed by atoms with E-state index in [1.54, 1.807) is 0 Å². The van der Waals surface area contributed by atoms with Gasteiger partial charge in [-0.15, -0.1) is 34.2 Å². The van der Waals surface area contributed by atoms with Gasteiger partial charge in [0.05, 0.1) is 12.6 Å². The molecule has 0 saturated carbocycles. The van der Waals surface area contributed by atoms with Crippen molar-refractivity contribution in [2.45, 2.75) is 45.7 Å². The van der Waals surface area contributed by atoms with Gasteiger partial charge >= 0.3 is 0 Å². The molecule has 3 aromatic rings. The van der Waals surface area contributed by atoms with E-state index in [1.165, 1.54) is 11.1 Å². The van der Waals surface area contributed by atoms with Crippen molar-refractivity contribution >= 4 is 29.9 Å². The summed E-state index contributed by atoms with van der Waals surface area (Å²) in [6.07, 6.45) is 0.883. The molecular formula is C25H33IN6O. The monoisotopic (exact) mass is 560 g/mol. The maximum Gasteiger partial charge on any atom is 0.192 e. The molecule has 0 spiro atoms. The van der Waals surface area contributed by atoms with Crippen molar-refractivity contribution in [1.29, 1.82) is 0 Å². The Morgan fingerprint density at radius 3 is 2.64 bits per heavy atom. The third-order valence-corrected chi connectivity index (χ3v) is 6.05. The van der Waals surface area contributed by atoms with Gasteiger partial charge in [-0.3, -0.25) is 0 Å². The highest BCUT2D eigenvalue weighted by Gasteiger charge is 2.22. The third kappa shape index (κ3) is 6.25. The minimum Gasteiger partial charge on any atom is -0.493 e. The van der Waals surface area contributed by atoms with Crippen LogP contribution in [0.25, 0.3) is 0 Å². The fourth-order valence-corrected chi connectivity index (χ4v) is 3.81. The number of ether oxygens (including phenoxy) is 1. The molecule has 2 heterocycles. The number of rotatable bonds is 6. The lowest BCUT2D eigenvalue weighted by atomic mass is 10.00. The molecule has 176 valence electrons. The van der Waals surface area contributed by atoms with E-state index in [0.717, 1.165) is 41.9 Å². The molecule has 8 heteroatoms. The zero-order valence-corrected chi connectivity index (χ0v) is 22.0. The van der Waals surface area contributed by atoms with Crippen molar-refractivity contribution in [3.63, 3.8) is 0 Å². The Labute approximate surface area is 213 Å². The molecule has 0 aliphatic carbocycles. The van der Waals surface area contributed by atoms with Gasteiger partial charge in [-0.1, -0.05) is 55.0 Å². The number of benzene rings is 2. The smallest absolute Gasteiger partial charge is 0.192 e. The Kier molecular flexibility index (Phi) is 8.71. The van der Waals surface area contributed by atoms with E-state index in [-0.39, 0.29) is 30.0 Å². The standard InChI is InChI=1S/C25H32N6O.HI/c1-17-9-11-20(12-10-17)18(2)15-26-25(27-16-24-30-29-19(3)31(24)4)28-22-13-14-32-23-8-6-5-7-21(22)23;/h5-12,18,22H,13-16H2,1-4H3,(H2,26,27,28);1H. The van der Waals surface area contributed by atoms with Crippen LogP contribution in [0, 0.1) is 13.8 Å². The first-order valence-electron chi connectivity index (χ1n) is 11.2. The van der Waals surface area contributed by atoms with E-state index in [4.69, 9.17) is 9.73 Å². The number of hydrogen-bond acceptors (Lipinski definition) is 4. The molecule has 0 saturated heterocycles. The number of guanidine groups is 1. The molecule has 7 nitrogen and oxygen atoms in total. The Hall–Kier alpha value is -2.62. The Bertz CT molecular complexity index is 1080. The summed E-state index contributed by atoms with van der Waals surface area (Å²) in [7, 11) is 1.97. The number of nitrogens with one attached hydrogen (secondary N) is 2. The van der Waals surface area contributed by atoms with Gasteiger partial charge < -0.3 is 19.9 Å². The average Bonchev–Trinajstić information content (AvgIpc) is 3.13. The first-order chi connectivity index (χ1) is 15.5. The van der Waals surface area contributed by atoms with Crippen molar-refractivity contribution in [2.24, 2.45) is 12.0 Å². The van der Waals surface area contributed by atoms with E-state index in [9.17, 15) is 0 Å². The van der Waals surface area contributed by atoms with Gasteiger partial charge in [0.2, 0.25) is 0 Å². The molecule has 1 aromatic heterocycles. The van der Waals surface area contributed by atoms with Gasteiger partial charge in [-0.25, -0.2) is 4.99 Å². The second-order valence-corrected chi connectivity index (χ2v) is 8.45. The summed E-state index contributed by atoms with van der Waals surface area (Å²) in [6.45, 7) is 8.20. The zero-order valence-electron chi connectivity index (χ0n) is 19.7. The van der Waals surface area contributed by atoms with E-state index < -0.39 is 0 Å². The second kappa shape index (κ2) is 11.5. The number of fused-ring (bicyclic) bond motifs is 1. The molecular weight excluding hydrogens is 527 g/mol. The fourth-order valence-electron chi connectivity index (χ4n) is 3.81. The Morgan fingerprint density at radius 1 is 1.15 bits per heavy atom. The maximum absolute atomic E-state index is 5.83. The number of hydrogen-bond donors (Lipinski definition) is 2. The van der Waals surface area contributed by atoms with Crippen LogP contribution in [0.5, 0.6) is 5.75 Å².